The van der Waals surface area contributed by atoms with Gasteiger partial charge in [-0.05, 0) is 42.2 Å². The van der Waals surface area contributed by atoms with E-state index in [1.165, 1.54) is 0 Å². The molecule has 1 unspecified atom stereocenters. The van der Waals surface area contributed by atoms with Crippen molar-refractivity contribution < 1.29 is 19.1 Å². The topological polar surface area (TPSA) is 63.7 Å². The van der Waals surface area contributed by atoms with Crippen LogP contribution in [0.4, 0.5) is 0 Å². The molecule has 1 aliphatic heterocycles. The van der Waals surface area contributed by atoms with Crippen molar-refractivity contribution in [1.29, 1.82) is 0 Å². The lowest BCUT2D eigenvalue weighted by Crippen LogP contribution is -2.46. The Bertz CT molecular complexity index is 859. The summed E-state index contributed by atoms with van der Waals surface area (Å²) >= 11 is 1.55. The Balaban J connectivity index is 1.70. The fraction of sp³-hybridized carbons (Fsp3) is 0.227. The van der Waals surface area contributed by atoms with Crippen molar-refractivity contribution in [2.45, 2.75) is 12.5 Å². The third-order valence-corrected chi connectivity index (χ3v) is 5.08. The summed E-state index contributed by atoms with van der Waals surface area (Å²) in [5.74, 6) is -0.819. The van der Waals surface area contributed by atoms with Crippen LogP contribution >= 0.6 is 11.8 Å². The molecule has 2 aromatic rings. The Hall–Kier alpha value is -2.86. The fourth-order valence-electron chi connectivity index (χ4n) is 3.05. The molecular weight excluding hydrogens is 374 g/mol. The van der Waals surface area contributed by atoms with Crippen molar-refractivity contribution in [1.82, 2.24) is 4.90 Å². The number of carbonyl (C=O) groups is 3. The molecule has 0 bridgehead atoms. The lowest BCUT2D eigenvalue weighted by molar-refractivity contribution is -0.147. The summed E-state index contributed by atoms with van der Waals surface area (Å²) in [5.41, 5.74) is 1.66. The molecule has 0 spiro atoms. The van der Waals surface area contributed by atoms with Gasteiger partial charge < -0.3 is 4.74 Å². The lowest BCUT2D eigenvalue weighted by Gasteiger charge is -2.24. The first-order valence-electron chi connectivity index (χ1n) is 8.97. The number of rotatable bonds is 8. The second kappa shape index (κ2) is 9.37. The number of hydrogen-bond acceptors (Lipinski definition) is 5. The zero-order valence-corrected chi connectivity index (χ0v) is 16.4. The molecule has 28 heavy (non-hydrogen) atoms. The highest BCUT2D eigenvalue weighted by atomic mass is 32.2. The van der Waals surface area contributed by atoms with E-state index in [1.54, 1.807) is 42.1 Å². The fourth-order valence-corrected chi connectivity index (χ4v) is 3.51. The van der Waals surface area contributed by atoms with Crippen LogP contribution in [0.3, 0.4) is 0 Å². The van der Waals surface area contributed by atoms with Gasteiger partial charge in [0.15, 0.2) is 0 Å². The second-order valence-electron chi connectivity index (χ2n) is 6.27. The van der Waals surface area contributed by atoms with Gasteiger partial charge >= 0.3 is 5.97 Å². The molecule has 0 N–H and O–H groups in total. The van der Waals surface area contributed by atoms with E-state index in [0.29, 0.717) is 23.3 Å². The summed E-state index contributed by atoms with van der Waals surface area (Å²) in [4.78, 5) is 39.1. The van der Waals surface area contributed by atoms with E-state index < -0.39 is 23.8 Å². The van der Waals surface area contributed by atoms with E-state index in [-0.39, 0.29) is 6.61 Å². The Kier molecular flexibility index (Phi) is 6.66. The number of fused-ring (bicyclic) bond motifs is 1. The summed E-state index contributed by atoms with van der Waals surface area (Å²) in [6, 6.07) is 15.4. The first-order valence-corrected chi connectivity index (χ1v) is 10.4. The molecule has 2 aromatic carbocycles. The predicted octanol–water partition coefficient (Wildman–Crippen LogP) is 3.66. The van der Waals surface area contributed by atoms with Crippen LogP contribution in [-0.2, 0) is 9.53 Å². The van der Waals surface area contributed by atoms with Crippen LogP contribution in [0.15, 0.2) is 60.7 Å². The van der Waals surface area contributed by atoms with Gasteiger partial charge in [-0.15, -0.1) is 0 Å². The zero-order valence-electron chi connectivity index (χ0n) is 15.5. The highest BCUT2D eigenvalue weighted by molar-refractivity contribution is 7.98. The number of imide groups is 1. The number of hydrogen-bond donors (Lipinski definition) is 0. The van der Waals surface area contributed by atoms with Crippen LogP contribution in [-0.4, -0.2) is 47.3 Å². The summed E-state index contributed by atoms with van der Waals surface area (Å²) < 4.78 is 5.35. The second-order valence-corrected chi connectivity index (χ2v) is 7.25. The number of benzene rings is 2. The van der Waals surface area contributed by atoms with Gasteiger partial charge in [-0.1, -0.05) is 48.5 Å². The highest BCUT2D eigenvalue weighted by Crippen LogP contribution is 2.26. The van der Waals surface area contributed by atoms with Crippen molar-refractivity contribution in [2.24, 2.45) is 0 Å². The van der Waals surface area contributed by atoms with Gasteiger partial charge in [0.1, 0.15) is 12.6 Å². The van der Waals surface area contributed by atoms with Gasteiger partial charge in [0.2, 0.25) is 0 Å². The van der Waals surface area contributed by atoms with Crippen LogP contribution in [0.2, 0.25) is 0 Å². The summed E-state index contributed by atoms with van der Waals surface area (Å²) in [7, 11) is 0. The molecule has 0 saturated carbocycles. The standard InChI is InChI=1S/C22H21NO4S/c1-28-15-13-19(22(26)27-14-7-10-16-8-3-2-4-9-16)23-20(24)17-11-5-6-12-18(17)21(23)25/h2-12,19H,13-15H2,1H3/b10-7+. The van der Waals surface area contributed by atoms with Crippen molar-refractivity contribution in [3.63, 3.8) is 0 Å². The van der Waals surface area contributed by atoms with Gasteiger partial charge in [-0.2, -0.15) is 11.8 Å². The summed E-state index contributed by atoms with van der Waals surface area (Å²) in [6.45, 7) is 0.0761. The van der Waals surface area contributed by atoms with E-state index in [0.717, 1.165) is 10.5 Å². The molecule has 1 heterocycles. The minimum atomic E-state index is -0.926. The first kappa shape index (κ1) is 19.9. The van der Waals surface area contributed by atoms with E-state index >= 15 is 0 Å². The van der Waals surface area contributed by atoms with Gasteiger partial charge in [-0.3, -0.25) is 14.5 Å². The normalized spacial score (nSPS) is 14.4. The molecule has 144 valence electrons. The largest absolute Gasteiger partial charge is 0.460 e. The van der Waals surface area contributed by atoms with Crippen LogP contribution in [0.1, 0.15) is 32.7 Å². The number of amides is 2. The van der Waals surface area contributed by atoms with Gasteiger partial charge in [0.05, 0.1) is 11.1 Å². The SMILES string of the molecule is CSCCC(C(=O)OC/C=C/c1ccccc1)N1C(=O)c2ccccc2C1=O. The van der Waals surface area contributed by atoms with Gasteiger partial charge in [0, 0.05) is 0 Å². The smallest absolute Gasteiger partial charge is 0.329 e. The molecule has 1 aliphatic rings. The van der Waals surface area contributed by atoms with E-state index in [4.69, 9.17) is 4.74 Å². The molecule has 6 heteroatoms. The maximum absolute atomic E-state index is 12.7. The number of esters is 1. The zero-order chi connectivity index (χ0) is 19.9. The van der Waals surface area contributed by atoms with Crippen LogP contribution in [0, 0.1) is 0 Å². The van der Waals surface area contributed by atoms with E-state index in [9.17, 15) is 14.4 Å². The first-order chi connectivity index (χ1) is 13.6. The molecule has 3 rings (SSSR count). The minimum absolute atomic E-state index is 0.0761. The summed E-state index contributed by atoms with van der Waals surface area (Å²) in [6.07, 6.45) is 5.86. The number of thioether (sulfide) groups is 1. The van der Waals surface area contributed by atoms with Gasteiger partial charge in [-0.25, -0.2) is 4.79 Å². The van der Waals surface area contributed by atoms with Crippen LogP contribution in [0.25, 0.3) is 6.08 Å². The van der Waals surface area contributed by atoms with Crippen LogP contribution < -0.4 is 0 Å². The average Bonchev–Trinajstić information content (AvgIpc) is 2.98. The number of nitrogens with zero attached hydrogens (tertiary/aromatic N) is 1. The lowest BCUT2D eigenvalue weighted by atomic mass is 10.1. The Labute approximate surface area is 168 Å². The quantitative estimate of drug-likeness (QED) is 0.504. The highest BCUT2D eigenvalue weighted by Gasteiger charge is 2.42. The molecule has 0 aromatic heterocycles. The van der Waals surface area contributed by atoms with Crippen molar-refractivity contribution in [3.8, 4) is 0 Å². The molecule has 5 nitrogen and oxygen atoms in total. The predicted molar refractivity (Wildman–Crippen MR) is 110 cm³/mol. The Morgan fingerprint density at radius 1 is 1.04 bits per heavy atom. The van der Waals surface area contributed by atoms with Crippen molar-refractivity contribution in [2.75, 3.05) is 18.6 Å². The molecule has 2 amide bonds. The maximum atomic E-state index is 12.7. The van der Waals surface area contributed by atoms with E-state index in [2.05, 4.69) is 0 Å². The molecule has 1 atom stereocenters. The number of carbonyl (C=O) groups excluding carboxylic acids is 3. The molecule has 0 saturated heterocycles. The summed E-state index contributed by atoms with van der Waals surface area (Å²) in [5, 5.41) is 0. The minimum Gasteiger partial charge on any atom is -0.460 e. The molecule has 0 radical (unpaired) electrons. The van der Waals surface area contributed by atoms with Crippen LogP contribution in [0.5, 0.6) is 0 Å². The molecule has 0 fully saturated rings. The van der Waals surface area contributed by atoms with E-state index in [1.807, 2.05) is 42.7 Å². The maximum Gasteiger partial charge on any atom is 0.329 e. The third-order valence-electron chi connectivity index (χ3n) is 4.44. The monoisotopic (exact) mass is 395 g/mol. The molecule has 0 aliphatic carbocycles. The van der Waals surface area contributed by atoms with Crippen molar-refractivity contribution >= 4 is 35.6 Å². The third kappa shape index (κ3) is 4.34. The number of ether oxygens (including phenoxy) is 1. The average molecular weight is 395 g/mol. The Morgan fingerprint density at radius 2 is 1.64 bits per heavy atom. The molecular formula is C22H21NO4S. The Morgan fingerprint density at radius 3 is 2.25 bits per heavy atom. The van der Waals surface area contributed by atoms with Crippen molar-refractivity contribution in [3.05, 3.63) is 77.4 Å². The van der Waals surface area contributed by atoms with Gasteiger partial charge in [0.25, 0.3) is 11.8 Å².